The largest absolute Gasteiger partial charge is 0.0901 e. The molecule has 0 aliphatic carbocycles. The van der Waals surface area contributed by atoms with Crippen molar-refractivity contribution < 1.29 is 0 Å². The van der Waals surface area contributed by atoms with E-state index in [4.69, 9.17) is 0 Å². The summed E-state index contributed by atoms with van der Waals surface area (Å²) in [6.45, 7) is 2.20. The van der Waals surface area contributed by atoms with Crippen molar-refractivity contribution in [2.45, 2.75) is 29.6 Å². The number of rotatable bonds is 5. The van der Waals surface area contributed by atoms with E-state index in [9.17, 15) is 0 Å². The van der Waals surface area contributed by atoms with Gasteiger partial charge < -0.3 is 0 Å². The Kier molecular flexibility index (Phi) is 4.69. The Hall–Kier alpha value is -1.21. The van der Waals surface area contributed by atoms with Crippen LogP contribution in [-0.2, 0) is 0 Å². The molecule has 0 bridgehead atoms. The molecule has 0 N–H and O–H groups in total. The zero-order chi connectivity index (χ0) is 11.9. The van der Waals surface area contributed by atoms with E-state index >= 15 is 0 Å². The minimum Gasteiger partial charge on any atom is -0.0901 e. The number of benzene rings is 2. The topological polar surface area (TPSA) is 0 Å². The zero-order valence-corrected chi connectivity index (χ0v) is 10.9. The number of hydrogen-bond donors (Lipinski definition) is 0. The predicted molar refractivity (Wildman–Crippen MR) is 75.3 cm³/mol. The lowest BCUT2D eigenvalue weighted by Gasteiger charge is -2.03. The Morgan fingerprint density at radius 1 is 0.882 bits per heavy atom. The molecule has 0 aliphatic heterocycles. The summed E-state index contributed by atoms with van der Waals surface area (Å²) in [4.78, 5) is 2.59. The van der Waals surface area contributed by atoms with Crippen LogP contribution in [0.1, 0.15) is 25.3 Å². The normalized spacial score (nSPS) is 10.4. The van der Waals surface area contributed by atoms with Crippen molar-refractivity contribution in [1.82, 2.24) is 0 Å². The monoisotopic (exact) mass is 241 g/mol. The van der Waals surface area contributed by atoms with E-state index in [0.717, 1.165) is 6.42 Å². The average molecular weight is 241 g/mol. The first-order valence-electron chi connectivity index (χ1n) is 6.04. The van der Waals surface area contributed by atoms with Crippen LogP contribution in [0.25, 0.3) is 0 Å². The maximum absolute atomic E-state index is 2.29. The predicted octanol–water partition coefficient (Wildman–Crippen LogP) is 5.19. The molecule has 2 rings (SSSR count). The SMILES string of the molecule is CCC[CH]c1ccc(Sc2ccccc2)cc1. The fourth-order valence-electron chi connectivity index (χ4n) is 1.61. The lowest BCUT2D eigenvalue weighted by Crippen LogP contribution is -1.81. The quantitative estimate of drug-likeness (QED) is 0.694. The summed E-state index contributed by atoms with van der Waals surface area (Å²) >= 11 is 1.81. The van der Waals surface area contributed by atoms with Gasteiger partial charge in [0.15, 0.2) is 0 Å². The maximum atomic E-state index is 2.29. The van der Waals surface area contributed by atoms with Crippen molar-refractivity contribution in [2.24, 2.45) is 0 Å². The smallest absolute Gasteiger partial charge is 0.0122 e. The molecule has 2 aromatic carbocycles. The van der Waals surface area contributed by atoms with Gasteiger partial charge in [0.05, 0.1) is 0 Å². The first kappa shape index (κ1) is 12.3. The molecule has 0 nitrogen and oxygen atoms in total. The molecule has 0 amide bonds. The third kappa shape index (κ3) is 3.94. The molecule has 1 heteroatoms. The van der Waals surface area contributed by atoms with E-state index in [2.05, 4.69) is 61.9 Å². The summed E-state index contributed by atoms with van der Waals surface area (Å²) in [6.07, 6.45) is 4.66. The molecule has 87 valence electrons. The number of unbranched alkanes of at least 4 members (excludes halogenated alkanes) is 1. The molecule has 0 saturated carbocycles. The first-order chi connectivity index (χ1) is 8.38. The highest BCUT2D eigenvalue weighted by molar-refractivity contribution is 7.99. The highest BCUT2D eigenvalue weighted by Gasteiger charge is 1.97. The summed E-state index contributed by atoms with van der Waals surface area (Å²) < 4.78 is 0. The Labute approximate surface area is 108 Å². The van der Waals surface area contributed by atoms with Crippen LogP contribution in [0, 0.1) is 6.42 Å². The first-order valence-corrected chi connectivity index (χ1v) is 6.86. The lowest BCUT2D eigenvalue weighted by atomic mass is 10.1. The van der Waals surface area contributed by atoms with Crippen molar-refractivity contribution >= 4 is 11.8 Å². The Morgan fingerprint density at radius 2 is 1.53 bits per heavy atom. The Balaban J connectivity index is 1.98. The minimum atomic E-state index is 1.16. The van der Waals surface area contributed by atoms with E-state index in [1.165, 1.54) is 21.8 Å². The summed E-state index contributed by atoms with van der Waals surface area (Å²) in [5.41, 5.74) is 1.32. The highest BCUT2D eigenvalue weighted by Crippen LogP contribution is 2.27. The van der Waals surface area contributed by atoms with E-state index in [-0.39, 0.29) is 0 Å². The molecular formula is C16H17S. The molecule has 0 aliphatic rings. The average Bonchev–Trinajstić information content (AvgIpc) is 2.39. The molecule has 0 heterocycles. The Morgan fingerprint density at radius 3 is 2.18 bits per heavy atom. The third-order valence-electron chi connectivity index (χ3n) is 2.53. The van der Waals surface area contributed by atoms with Crippen LogP contribution in [0.4, 0.5) is 0 Å². The van der Waals surface area contributed by atoms with E-state index in [1.807, 2.05) is 6.07 Å². The van der Waals surface area contributed by atoms with Gasteiger partial charge in [0.1, 0.15) is 0 Å². The van der Waals surface area contributed by atoms with Crippen LogP contribution in [-0.4, -0.2) is 0 Å². The fourth-order valence-corrected chi connectivity index (χ4v) is 2.45. The third-order valence-corrected chi connectivity index (χ3v) is 3.54. The second-order valence-corrected chi connectivity index (χ2v) is 5.12. The van der Waals surface area contributed by atoms with Gasteiger partial charge in [0.2, 0.25) is 0 Å². The Bertz CT molecular complexity index is 431. The summed E-state index contributed by atoms with van der Waals surface area (Å²) in [6, 6.07) is 19.3. The lowest BCUT2D eigenvalue weighted by molar-refractivity contribution is 0.913. The van der Waals surface area contributed by atoms with Gasteiger partial charge in [0.25, 0.3) is 0 Å². The van der Waals surface area contributed by atoms with Crippen LogP contribution < -0.4 is 0 Å². The van der Waals surface area contributed by atoms with Crippen molar-refractivity contribution in [3.05, 3.63) is 66.6 Å². The van der Waals surface area contributed by atoms with Crippen LogP contribution in [0.5, 0.6) is 0 Å². The van der Waals surface area contributed by atoms with Crippen molar-refractivity contribution in [1.29, 1.82) is 0 Å². The molecule has 0 aromatic heterocycles. The van der Waals surface area contributed by atoms with Gasteiger partial charge in [-0.05, 0) is 42.7 Å². The fraction of sp³-hybridized carbons (Fsp3) is 0.188. The number of hydrogen-bond acceptors (Lipinski definition) is 1. The molecule has 1 radical (unpaired) electrons. The molecule has 0 fully saturated rings. The summed E-state index contributed by atoms with van der Waals surface area (Å²) in [7, 11) is 0. The van der Waals surface area contributed by atoms with Gasteiger partial charge in [-0.1, -0.05) is 55.4 Å². The standard InChI is InChI=1S/C16H17S/c1-2-3-7-14-10-12-16(13-11-14)17-15-8-5-4-6-9-15/h4-13H,2-3H2,1H3. The van der Waals surface area contributed by atoms with E-state index in [1.54, 1.807) is 11.8 Å². The summed E-state index contributed by atoms with van der Waals surface area (Å²) in [5.74, 6) is 0. The van der Waals surface area contributed by atoms with Crippen molar-refractivity contribution in [2.75, 3.05) is 0 Å². The molecule has 0 atom stereocenters. The van der Waals surface area contributed by atoms with Gasteiger partial charge >= 0.3 is 0 Å². The van der Waals surface area contributed by atoms with Gasteiger partial charge in [-0.25, -0.2) is 0 Å². The van der Waals surface area contributed by atoms with Crippen LogP contribution >= 0.6 is 11.8 Å². The summed E-state index contributed by atoms with van der Waals surface area (Å²) in [5, 5.41) is 0. The molecule has 0 saturated heterocycles. The van der Waals surface area contributed by atoms with Crippen LogP contribution in [0.15, 0.2) is 64.4 Å². The van der Waals surface area contributed by atoms with E-state index in [0.29, 0.717) is 0 Å². The molecular weight excluding hydrogens is 224 g/mol. The van der Waals surface area contributed by atoms with Gasteiger partial charge in [0, 0.05) is 9.79 Å². The molecule has 0 unspecified atom stereocenters. The van der Waals surface area contributed by atoms with Crippen molar-refractivity contribution in [3.63, 3.8) is 0 Å². The second-order valence-electron chi connectivity index (χ2n) is 3.98. The van der Waals surface area contributed by atoms with Crippen LogP contribution in [0.2, 0.25) is 0 Å². The highest BCUT2D eigenvalue weighted by atomic mass is 32.2. The molecule has 17 heavy (non-hydrogen) atoms. The van der Waals surface area contributed by atoms with Crippen molar-refractivity contribution in [3.8, 4) is 0 Å². The minimum absolute atomic E-state index is 1.16. The van der Waals surface area contributed by atoms with E-state index < -0.39 is 0 Å². The molecule has 0 spiro atoms. The van der Waals surface area contributed by atoms with Crippen LogP contribution in [0.3, 0.4) is 0 Å². The zero-order valence-electron chi connectivity index (χ0n) is 10.1. The van der Waals surface area contributed by atoms with Gasteiger partial charge in [-0.2, -0.15) is 0 Å². The second kappa shape index (κ2) is 6.51. The maximum Gasteiger partial charge on any atom is 0.0122 e. The van der Waals surface area contributed by atoms with Gasteiger partial charge in [-0.3, -0.25) is 0 Å². The molecule has 2 aromatic rings. The van der Waals surface area contributed by atoms with Gasteiger partial charge in [-0.15, -0.1) is 0 Å².